The number of nitrogens with one attached hydrogen (secondary N) is 1. The third-order valence-electron chi connectivity index (χ3n) is 3.47. The maximum absolute atomic E-state index is 4.49. The quantitative estimate of drug-likeness (QED) is 0.569. The van der Waals surface area contributed by atoms with Gasteiger partial charge in [0.2, 0.25) is 0 Å². The first-order valence-electron chi connectivity index (χ1n) is 6.68. The Morgan fingerprint density at radius 1 is 1.00 bits per heavy atom. The molecule has 0 amide bonds. The van der Waals surface area contributed by atoms with Crippen molar-refractivity contribution in [3.05, 3.63) is 60.4 Å². The van der Waals surface area contributed by atoms with Crippen LogP contribution >= 0.6 is 0 Å². The van der Waals surface area contributed by atoms with E-state index in [0.29, 0.717) is 0 Å². The summed E-state index contributed by atoms with van der Waals surface area (Å²) < 4.78 is 8.89. The normalized spacial score (nSPS) is 12.2. The molecule has 4 rings (SSSR count). The predicted molar refractivity (Wildman–Crippen MR) is 85.4 cm³/mol. The van der Waals surface area contributed by atoms with Crippen molar-refractivity contribution in [2.45, 2.75) is 6.54 Å². The van der Waals surface area contributed by atoms with Crippen LogP contribution in [0.4, 0.5) is 17.1 Å². The van der Waals surface area contributed by atoms with Crippen molar-refractivity contribution in [2.75, 3.05) is 5.32 Å². The first kappa shape index (κ1) is 12.5. The van der Waals surface area contributed by atoms with E-state index < -0.39 is 0 Å². The number of aromatic nitrogens is 1. The van der Waals surface area contributed by atoms with Gasteiger partial charge >= 0.3 is 128 Å². The molecule has 0 fully saturated rings. The number of pyridine rings is 1. The van der Waals surface area contributed by atoms with Crippen LogP contribution in [-0.2, 0) is 6.54 Å². The average Bonchev–Trinajstić information content (AvgIpc) is 3.02. The molecule has 1 aliphatic heterocycles. The Bertz CT molecular complexity index is 898. The zero-order chi connectivity index (χ0) is 14.1. The van der Waals surface area contributed by atoms with Crippen LogP contribution in [0.1, 0.15) is 5.56 Å². The van der Waals surface area contributed by atoms with Crippen LogP contribution in [0.25, 0.3) is 10.8 Å². The molecule has 0 radical (unpaired) electrons. The maximum atomic E-state index is 4.49. The zero-order valence-corrected chi connectivity index (χ0v) is 12.9. The summed E-state index contributed by atoms with van der Waals surface area (Å²) in [5.74, 6) is 0. The van der Waals surface area contributed by atoms with E-state index in [1.54, 1.807) is 0 Å². The number of rotatable bonds is 3. The molecule has 0 saturated heterocycles. The van der Waals surface area contributed by atoms with Gasteiger partial charge in [0.15, 0.2) is 0 Å². The Labute approximate surface area is 128 Å². The summed E-state index contributed by atoms with van der Waals surface area (Å²) in [7, 11) is 0. The summed E-state index contributed by atoms with van der Waals surface area (Å²) >= 11 is 0.00999. The molecule has 2 heterocycles. The number of anilines is 1. The molecule has 1 aromatic heterocycles. The molecule has 1 aliphatic rings. The number of hydrogen-bond donors (Lipinski definition) is 1. The second-order valence-electron chi connectivity index (χ2n) is 4.85. The molecule has 21 heavy (non-hydrogen) atoms. The fourth-order valence-corrected chi connectivity index (χ4v) is 3.54. The Morgan fingerprint density at radius 2 is 2.00 bits per heavy atom. The molecule has 0 unspecified atom stereocenters. The van der Waals surface area contributed by atoms with E-state index >= 15 is 0 Å². The van der Waals surface area contributed by atoms with Crippen molar-refractivity contribution in [2.24, 2.45) is 7.92 Å². The van der Waals surface area contributed by atoms with Crippen LogP contribution in [0.5, 0.6) is 0 Å². The van der Waals surface area contributed by atoms with Gasteiger partial charge in [-0.3, -0.25) is 0 Å². The molecule has 2 aromatic carbocycles. The van der Waals surface area contributed by atoms with Crippen molar-refractivity contribution in [3.63, 3.8) is 0 Å². The Balaban J connectivity index is 1.59. The van der Waals surface area contributed by atoms with Gasteiger partial charge < -0.3 is 0 Å². The van der Waals surface area contributed by atoms with Crippen LogP contribution in [0, 0.1) is 0 Å². The van der Waals surface area contributed by atoms with E-state index in [1.807, 2.05) is 30.6 Å². The van der Waals surface area contributed by atoms with E-state index in [-0.39, 0.29) is 14.6 Å². The van der Waals surface area contributed by atoms with Gasteiger partial charge in [-0.25, -0.2) is 0 Å². The van der Waals surface area contributed by atoms with Crippen LogP contribution < -0.4 is 5.32 Å². The monoisotopic (exact) mass is 340 g/mol. The molecule has 102 valence electrons. The predicted octanol–water partition coefficient (Wildman–Crippen LogP) is 4.19. The van der Waals surface area contributed by atoms with Gasteiger partial charge in [0.1, 0.15) is 0 Å². The Morgan fingerprint density at radius 3 is 3.00 bits per heavy atom. The molecule has 1 N–H and O–H groups in total. The van der Waals surface area contributed by atoms with Gasteiger partial charge in [-0.15, -0.1) is 0 Å². The van der Waals surface area contributed by atoms with Crippen molar-refractivity contribution < 1.29 is 0 Å². The molecular weight excluding hydrogens is 327 g/mol. The third-order valence-corrected chi connectivity index (χ3v) is 4.61. The second-order valence-corrected chi connectivity index (χ2v) is 5.96. The van der Waals surface area contributed by atoms with Crippen molar-refractivity contribution in [1.82, 2.24) is 4.98 Å². The van der Waals surface area contributed by atoms with E-state index in [4.69, 9.17) is 0 Å². The fraction of sp³-hybridized carbons (Fsp3) is 0.0625. The third kappa shape index (κ3) is 2.42. The number of nitrogens with zero attached hydrogens (tertiary/aromatic N) is 3. The fourth-order valence-electron chi connectivity index (χ4n) is 2.39. The minimum absolute atomic E-state index is 0.00999. The molecule has 0 bridgehead atoms. The van der Waals surface area contributed by atoms with E-state index in [2.05, 4.69) is 42.5 Å². The number of fused-ring (bicyclic) bond motifs is 2. The molecule has 0 spiro atoms. The topological polar surface area (TPSA) is 49.6 Å². The van der Waals surface area contributed by atoms with Gasteiger partial charge in [-0.2, -0.15) is 0 Å². The zero-order valence-electron chi connectivity index (χ0n) is 11.2. The molecule has 0 aliphatic carbocycles. The van der Waals surface area contributed by atoms with Gasteiger partial charge in [0, 0.05) is 0 Å². The summed E-state index contributed by atoms with van der Waals surface area (Å²) in [5.41, 5.74) is 4.31. The molecule has 4 nitrogen and oxygen atoms in total. The molecule has 0 saturated carbocycles. The summed E-state index contributed by atoms with van der Waals surface area (Å²) in [6.07, 6.45) is 3.71. The Hall–Kier alpha value is -2.23. The van der Waals surface area contributed by atoms with E-state index in [1.165, 1.54) is 16.3 Å². The van der Waals surface area contributed by atoms with Crippen LogP contribution in [0.2, 0.25) is 0 Å². The number of hydrogen-bond acceptors (Lipinski definition) is 4. The molecular formula is C16H12N4Se. The van der Waals surface area contributed by atoms with Crippen molar-refractivity contribution >= 4 is 42.4 Å². The summed E-state index contributed by atoms with van der Waals surface area (Å²) in [5, 5.41) is 5.85. The standard InChI is InChI=1S/C16H12N4Se/c1-2-14(16-15(3-1)19-21-20-16)18-9-11-4-5-13-10-17-7-6-12(13)8-11/h1-8,10,18H,9H2. The van der Waals surface area contributed by atoms with Crippen molar-refractivity contribution in [3.8, 4) is 0 Å². The number of benzene rings is 2. The average molecular weight is 339 g/mol. The summed E-state index contributed by atoms with van der Waals surface area (Å²) in [6, 6.07) is 14.6. The molecule has 3 aromatic rings. The van der Waals surface area contributed by atoms with Crippen LogP contribution in [0.15, 0.2) is 62.8 Å². The summed E-state index contributed by atoms with van der Waals surface area (Å²) in [6.45, 7) is 0.775. The summed E-state index contributed by atoms with van der Waals surface area (Å²) in [4.78, 5) is 4.14. The van der Waals surface area contributed by atoms with E-state index in [0.717, 1.165) is 23.6 Å². The van der Waals surface area contributed by atoms with Gasteiger partial charge in [0.25, 0.3) is 0 Å². The molecule has 0 atom stereocenters. The first-order chi connectivity index (χ1) is 10.4. The van der Waals surface area contributed by atoms with Crippen LogP contribution in [-0.4, -0.2) is 19.6 Å². The molecule has 5 heteroatoms. The van der Waals surface area contributed by atoms with Gasteiger partial charge in [-0.05, 0) is 0 Å². The van der Waals surface area contributed by atoms with Crippen LogP contribution in [0.3, 0.4) is 0 Å². The first-order valence-corrected chi connectivity index (χ1v) is 8.21. The van der Waals surface area contributed by atoms with Crippen molar-refractivity contribution in [1.29, 1.82) is 0 Å². The Kier molecular flexibility index (Phi) is 3.14. The second kappa shape index (κ2) is 5.28. The van der Waals surface area contributed by atoms with Gasteiger partial charge in [0.05, 0.1) is 0 Å². The minimum atomic E-state index is 0.00999. The van der Waals surface area contributed by atoms with E-state index in [9.17, 15) is 0 Å². The van der Waals surface area contributed by atoms with Gasteiger partial charge in [-0.1, -0.05) is 0 Å². The SMILES string of the molecule is c1cc2c(c(NCc3ccc4cnccc4c3)c1)N=[Se]=N2.